The molecule has 0 radical (unpaired) electrons. The van der Waals surface area contributed by atoms with Gasteiger partial charge < -0.3 is 14.8 Å². The number of benzene rings is 1. The Balaban J connectivity index is 2.33. The number of nitrogens with one attached hydrogen (secondary N) is 2. The molecule has 1 heterocycles. The molecule has 2 amide bonds. The van der Waals surface area contributed by atoms with Gasteiger partial charge in [0.1, 0.15) is 0 Å². The van der Waals surface area contributed by atoms with Crippen LogP contribution in [0, 0.1) is 0 Å². The number of rotatable bonds is 5. The first-order chi connectivity index (χ1) is 11.6. The van der Waals surface area contributed by atoms with Crippen LogP contribution in [0.1, 0.15) is 13.8 Å². The summed E-state index contributed by atoms with van der Waals surface area (Å²) in [6.45, 7) is 3.94. The van der Waals surface area contributed by atoms with Crippen molar-refractivity contribution in [1.82, 2.24) is 15.3 Å². The van der Waals surface area contributed by atoms with Gasteiger partial charge in [-0.15, -0.1) is 0 Å². The fraction of sp³-hybridized carbons (Fsp3) is 0.467. The Bertz CT molecular complexity index is 574. The van der Waals surface area contributed by atoms with Gasteiger partial charge in [-0.2, -0.15) is 10.0 Å². The SMILES string of the molecule is CCOC(=O)N1CNC(Nc2ccccc2)(SC)N1C(=O)OCC. The average molecular weight is 354 g/mol. The van der Waals surface area contributed by atoms with Crippen LogP contribution in [-0.4, -0.2) is 53.5 Å². The molecule has 1 atom stereocenters. The van der Waals surface area contributed by atoms with Gasteiger partial charge >= 0.3 is 12.2 Å². The molecule has 1 aromatic rings. The van der Waals surface area contributed by atoms with E-state index in [0.29, 0.717) is 0 Å². The molecule has 24 heavy (non-hydrogen) atoms. The van der Waals surface area contributed by atoms with Gasteiger partial charge in [0.15, 0.2) is 0 Å². The van der Waals surface area contributed by atoms with Crippen molar-refractivity contribution in [2.45, 2.75) is 19.0 Å². The number of carbonyl (C=O) groups excluding carboxylic acids is 2. The van der Waals surface area contributed by atoms with E-state index in [4.69, 9.17) is 9.47 Å². The number of hydrogen-bond donors (Lipinski definition) is 2. The molecular formula is C15H22N4O4S. The fourth-order valence-corrected chi connectivity index (χ4v) is 3.05. The van der Waals surface area contributed by atoms with Crippen molar-refractivity contribution in [1.29, 1.82) is 0 Å². The lowest BCUT2D eigenvalue weighted by molar-refractivity contribution is -0.00918. The summed E-state index contributed by atoms with van der Waals surface area (Å²) in [6.07, 6.45) is 0.557. The molecule has 1 aliphatic heterocycles. The Morgan fingerprint density at radius 1 is 1.21 bits per heavy atom. The van der Waals surface area contributed by atoms with Crippen molar-refractivity contribution in [3.63, 3.8) is 0 Å². The maximum absolute atomic E-state index is 12.5. The molecule has 1 aliphatic rings. The number of thioether (sulfide) groups is 1. The Hall–Kier alpha value is -2.13. The van der Waals surface area contributed by atoms with E-state index in [1.165, 1.54) is 21.8 Å². The van der Waals surface area contributed by atoms with E-state index in [1.807, 2.05) is 36.6 Å². The Morgan fingerprint density at radius 2 is 1.83 bits per heavy atom. The first-order valence-corrected chi connectivity index (χ1v) is 8.85. The van der Waals surface area contributed by atoms with Crippen molar-refractivity contribution >= 4 is 29.6 Å². The second kappa shape index (κ2) is 8.11. The average Bonchev–Trinajstić information content (AvgIpc) is 2.96. The highest BCUT2D eigenvalue weighted by Gasteiger charge is 2.51. The van der Waals surface area contributed by atoms with Crippen LogP contribution in [-0.2, 0) is 9.47 Å². The Labute approximate surface area is 145 Å². The number of para-hydroxylation sites is 1. The monoisotopic (exact) mass is 354 g/mol. The molecule has 2 rings (SSSR count). The Morgan fingerprint density at radius 3 is 2.42 bits per heavy atom. The van der Waals surface area contributed by atoms with Gasteiger partial charge in [0.25, 0.3) is 0 Å². The van der Waals surface area contributed by atoms with Crippen LogP contribution in [0.15, 0.2) is 30.3 Å². The van der Waals surface area contributed by atoms with Crippen LogP contribution in [0.3, 0.4) is 0 Å². The van der Waals surface area contributed by atoms with Gasteiger partial charge in [-0.25, -0.2) is 14.9 Å². The van der Waals surface area contributed by atoms with Crippen molar-refractivity contribution in [3.8, 4) is 0 Å². The highest BCUT2D eigenvalue weighted by Crippen LogP contribution is 2.33. The van der Waals surface area contributed by atoms with Crippen LogP contribution in [0.2, 0.25) is 0 Å². The molecule has 9 heteroatoms. The van der Waals surface area contributed by atoms with Crippen molar-refractivity contribution in [2.75, 3.05) is 31.5 Å². The van der Waals surface area contributed by atoms with Crippen molar-refractivity contribution in [2.24, 2.45) is 0 Å². The highest BCUT2D eigenvalue weighted by molar-refractivity contribution is 8.00. The van der Waals surface area contributed by atoms with Crippen molar-refractivity contribution < 1.29 is 19.1 Å². The minimum Gasteiger partial charge on any atom is -0.448 e. The summed E-state index contributed by atoms with van der Waals surface area (Å²) >= 11 is 1.33. The number of amides is 2. The zero-order valence-corrected chi connectivity index (χ0v) is 14.8. The van der Waals surface area contributed by atoms with Gasteiger partial charge in [-0.05, 0) is 32.2 Å². The topological polar surface area (TPSA) is 83.1 Å². The predicted molar refractivity (Wildman–Crippen MR) is 92.0 cm³/mol. The summed E-state index contributed by atoms with van der Waals surface area (Å²) in [6, 6.07) is 9.39. The summed E-state index contributed by atoms with van der Waals surface area (Å²) in [5, 5.41) is 7.73. The molecule has 1 aromatic carbocycles. The lowest BCUT2D eigenvalue weighted by Crippen LogP contribution is -2.60. The summed E-state index contributed by atoms with van der Waals surface area (Å²) in [7, 11) is 0. The maximum Gasteiger partial charge on any atom is 0.433 e. The molecule has 0 aromatic heterocycles. The van der Waals surface area contributed by atoms with Gasteiger partial charge in [-0.3, -0.25) is 0 Å². The molecule has 132 valence electrons. The van der Waals surface area contributed by atoms with Crippen LogP contribution in [0.4, 0.5) is 15.3 Å². The van der Waals surface area contributed by atoms with Crippen LogP contribution >= 0.6 is 11.8 Å². The van der Waals surface area contributed by atoms with Crippen molar-refractivity contribution in [3.05, 3.63) is 30.3 Å². The first-order valence-electron chi connectivity index (χ1n) is 7.62. The Kier molecular flexibility index (Phi) is 6.16. The van der Waals surface area contributed by atoms with Crippen LogP contribution < -0.4 is 10.6 Å². The van der Waals surface area contributed by atoms with E-state index >= 15 is 0 Å². The van der Waals surface area contributed by atoms with Gasteiger partial charge in [0.2, 0.25) is 5.12 Å². The lowest BCUT2D eigenvalue weighted by Gasteiger charge is -2.38. The van der Waals surface area contributed by atoms with E-state index in [0.717, 1.165) is 5.69 Å². The zero-order valence-electron chi connectivity index (χ0n) is 13.9. The normalized spacial score (nSPS) is 20.0. The third-order valence-corrected chi connectivity index (χ3v) is 4.32. The van der Waals surface area contributed by atoms with E-state index in [1.54, 1.807) is 13.8 Å². The summed E-state index contributed by atoms with van der Waals surface area (Å²) in [5.41, 5.74) is 0.791. The molecule has 1 fully saturated rings. The fourth-order valence-electron chi connectivity index (χ4n) is 2.28. The van der Waals surface area contributed by atoms with E-state index in [-0.39, 0.29) is 19.9 Å². The number of ether oxygens (including phenoxy) is 2. The number of hydrazine groups is 1. The third-order valence-electron chi connectivity index (χ3n) is 3.31. The molecule has 0 bridgehead atoms. The summed E-state index contributed by atoms with van der Waals surface area (Å²) in [5.74, 6) is 0. The first kappa shape index (κ1) is 18.2. The minimum atomic E-state index is -1.07. The van der Waals surface area contributed by atoms with Gasteiger partial charge in [0, 0.05) is 5.69 Å². The number of nitrogens with zero attached hydrogens (tertiary/aromatic N) is 2. The van der Waals surface area contributed by atoms with Gasteiger partial charge in [0.05, 0.1) is 19.9 Å². The molecule has 8 nitrogen and oxygen atoms in total. The standard InChI is InChI=1S/C15H22N4O4S/c1-4-22-13(20)18-11-16-15(24-3,19(18)14(21)23-5-2)17-12-9-7-6-8-10-12/h6-10,16-17H,4-5,11H2,1-3H3. The molecule has 0 saturated carbocycles. The summed E-state index contributed by atoms with van der Waals surface area (Å²) < 4.78 is 10.2. The highest BCUT2D eigenvalue weighted by atomic mass is 32.2. The summed E-state index contributed by atoms with van der Waals surface area (Å²) in [4.78, 5) is 24.7. The quantitative estimate of drug-likeness (QED) is 0.786. The smallest absolute Gasteiger partial charge is 0.433 e. The second-order valence-corrected chi connectivity index (χ2v) is 5.78. The molecular weight excluding hydrogens is 332 g/mol. The van der Waals surface area contributed by atoms with E-state index in [9.17, 15) is 9.59 Å². The minimum absolute atomic E-state index is 0.109. The zero-order chi connectivity index (χ0) is 17.6. The van der Waals surface area contributed by atoms with E-state index < -0.39 is 17.3 Å². The van der Waals surface area contributed by atoms with Gasteiger partial charge in [-0.1, -0.05) is 30.0 Å². The molecule has 0 spiro atoms. The molecule has 1 unspecified atom stereocenters. The van der Waals surface area contributed by atoms with Crippen LogP contribution in [0.5, 0.6) is 0 Å². The largest absolute Gasteiger partial charge is 0.448 e. The maximum atomic E-state index is 12.5. The second-order valence-electron chi connectivity index (χ2n) is 4.78. The number of anilines is 1. The molecule has 2 N–H and O–H groups in total. The third kappa shape index (κ3) is 3.68. The molecule has 0 aliphatic carbocycles. The predicted octanol–water partition coefficient (Wildman–Crippen LogP) is 2.47. The van der Waals surface area contributed by atoms with E-state index in [2.05, 4.69) is 10.6 Å². The molecule has 1 saturated heterocycles. The van der Waals surface area contributed by atoms with Crippen LogP contribution in [0.25, 0.3) is 0 Å². The number of carbonyl (C=O) groups is 2. The lowest BCUT2D eigenvalue weighted by atomic mass is 10.3. The number of hydrogen-bond acceptors (Lipinski definition) is 7.